The van der Waals surface area contributed by atoms with Crippen LogP contribution in [0.1, 0.15) is 1.43 Å². The molecule has 0 fully saturated rings. The summed E-state index contributed by atoms with van der Waals surface area (Å²) in [6.07, 6.45) is 0.493. The van der Waals surface area contributed by atoms with Crippen molar-refractivity contribution in [2.45, 2.75) is 0 Å². The molecule has 0 amide bonds. The van der Waals surface area contributed by atoms with Crippen molar-refractivity contribution in [1.29, 1.82) is 0 Å². The molecule has 0 aromatic heterocycles. The Kier molecular flexibility index (Phi) is 4.23. The van der Waals surface area contributed by atoms with Crippen LogP contribution in [0.3, 0.4) is 0 Å². The fourth-order valence-electron chi connectivity index (χ4n) is 0. The summed E-state index contributed by atoms with van der Waals surface area (Å²) in [5.41, 5.74) is 0. The summed E-state index contributed by atoms with van der Waals surface area (Å²) >= 11 is 0. The van der Waals surface area contributed by atoms with E-state index in [0.29, 0.717) is 6.26 Å². The normalized spacial score (nSPS) is 9.67. The predicted octanol–water partition coefficient (Wildman–Crippen LogP) is -2.97. The van der Waals surface area contributed by atoms with Crippen molar-refractivity contribution in [3.63, 3.8) is 0 Å². The molecule has 0 spiro atoms. The number of halogens is 1. The number of hydrogen-bond donors (Lipinski definition) is 0. The predicted molar refractivity (Wildman–Crippen MR) is 17.1 cm³/mol. The Morgan fingerprint density at radius 1 is 1.67 bits per heavy atom. The largest absolute Gasteiger partial charge is 1.00 e. The summed E-state index contributed by atoms with van der Waals surface area (Å²) in [4.78, 5) is 0. The third-order valence-corrected chi connectivity index (χ3v) is 0. The zero-order chi connectivity index (χ0) is 4.50. The van der Waals surface area contributed by atoms with Crippen molar-refractivity contribution < 1.29 is 32.6 Å². The molecule has 0 aliphatic heterocycles. The second-order valence-corrected chi connectivity index (χ2v) is 2.04. The van der Waals surface area contributed by atoms with Gasteiger partial charge in [0.05, 0.1) is 6.26 Å². The summed E-state index contributed by atoms with van der Waals surface area (Å²) in [5.74, 6) is 0. The van der Waals surface area contributed by atoms with E-state index in [2.05, 4.69) is 0 Å². The van der Waals surface area contributed by atoms with Crippen LogP contribution in [0.2, 0.25) is 0 Å². The van der Waals surface area contributed by atoms with Crippen LogP contribution in [-0.4, -0.2) is 14.7 Å². The van der Waals surface area contributed by atoms with Crippen LogP contribution in [0.4, 0.5) is 3.89 Å². The molecule has 0 atom stereocenters. The molecule has 0 aromatic rings. The van der Waals surface area contributed by atoms with Crippen molar-refractivity contribution in [3.05, 3.63) is 0 Å². The molecule has 6 heavy (non-hydrogen) atoms. The van der Waals surface area contributed by atoms with Crippen LogP contribution in [0, 0.1) is 0 Å². The van der Waals surface area contributed by atoms with Crippen molar-refractivity contribution in [1.82, 2.24) is 0 Å². The second kappa shape index (κ2) is 2.62. The molecular weight excluding hydrogens is 102 g/mol. The maximum atomic E-state index is 10.7. The summed E-state index contributed by atoms with van der Waals surface area (Å²) in [6.45, 7) is 0. The standard InChI is InChI=1S/CH3FO2S.Li.H/c1-5(2,3)4;;/h1H3;;/q;+1;-1. The monoisotopic (exact) mass is 106 g/mol. The zero-order valence-electron chi connectivity index (χ0n) is 4.60. The van der Waals surface area contributed by atoms with Gasteiger partial charge in [-0.1, -0.05) is 0 Å². The van der Waals surface area contributed by atoms with E-state index >= 15 is 0 Å². The van der Waals surface area contributed by atoms with Gasteiger partial charge in [0.1, 0.15) is 0 Å². The van der Waals surface area contributed by atoms with Crippen molar-refractivity contribution in [2.24, 2.45) is 0 Å². The average Bonchev–Trinajstić information content (AvgIpc) is 0.722. The molecule has 5 heteroatoms. The first-order valence-electron chi connectivity index (χ1n) is 0.896. The van der Waals surface area contributed by atoms with Gasteiger partial charge in [-0.25, -0.2) is 0 Å². The fourth-order valence-corrected chi connectivity index (χ4v) is 0. The van der Waals surface area contributed by atoms with Gasteiger partial charge in [-0.05, 0) is 0 Å². The Labute approximate surface area is 49.6 Å². The van der Waals surface area contributed by atoms with E-state index in [-0.39, 0.29) is 20.3 Å². The average molecular weight is 106 g/mol. The number of hydrogen-bond acceptors (Lipinski definition) is 2. The van der Waals surface area contributed by atoms with Gasteiger partial charge in [-0.3, -0.25) is 0 Å². The molecule has 0 saturated carbocycles. The van der Waals surface area contributed by atoms with Gasteiger partial charge < -0.3 is 1.43 Å². The molecule has 0 unspecified atom stereocenters. The molecule has 0 aromatic carbocycles. The van der Waals surface area contributed by atoms with Crippen molar-refractivity contribution in [2.75, 3.05) is 6.26 Å². The van der Waals surface area contributed by atoms with Gasteiger partial charge in [-0.15, -0.1) is 3.89 Å². The Morgan fingerprint density at radius 3 is 1.67 bits per heavy atom. The summed E-state index contributed by atoms with van der Waals surface area (Å²) in [6, 6.07) is 0. The minimum atomic E-state index is -4.17. The Hall–Kier alpha value is 0.477. The van der Waals surface area contributed by atoms with Gasteiger partial charge in [0.15, 0.2) is 0 Å². The second-order valence-electron chi connectivity index (χ2n) is 0.682. The van der Waals surface area contributed by atoms with Crippen LogP contribution in [0.15, 0.2) is 0 Å². The smallest absolute Gasteiger partial charge is 1.00 e. The van der Waals surface area contributed by atoms with Crippen molar-refractivity contribution in [3.8, 4) is 0 Å². The first-order valence-corrected chi connectivity index (χ1v) is 2.69. The van der Waals surface area contributed by atoms with E-state index in [1.165, 1.54) is 0 Å². The summed E-state index contributed by atoms with van der Waals surface area (Å²) < 4.78 is 28.6. The molecule has 34 valence electrons. The van der Waals surface area contributed by atoms with Crippen LogP contribution < -0.4 is 18.9 Å². The minimum absolute atomic E-state index is 0. The molecule has 0 aliphatic carbocycles. The molecular formula is CH4FLiO2S. The molecule has 0 rings (SSSR count). The van der Waals surface area contributed by atoms with E-state index < -0.39 is 10.2 Å². The van der Waals surface area contributed by atoms with Crippen molar-refractivity contribution >= 4 is 10.2 Å². The van der Waals surface area contributed by atoms with E-state index in [1.54, 1.807) is 0 Å². The maximum absolute atomic E-state index is 10.7. The van der Waals surface area contributed by atoms with Crippen LogP contribution in [0.25, 0.3) is 0 Å². The molecule has 0 aliphatic rings. The van der Waals surface area contributed by atoms with Gasteiger partial charge >= 0.3 is 18.9 Å². The molecule has 0 heterocycles. The van der Waals surface area contributed by atoms with Gasteiger partial charge in [-0.2, -0.15) is 8.42 Å². The minimum Gasteiger partial charge on any atom is -1.00 e. The quantitative estimate of drug-likeness (QED) is 0.244. The Balaban J connectivity index is -0.0000000800. The topological polar surface area (TPSA) is 34.1 Å². The van der Waals surface area contributed by atoms with Gasteiger partial charge in [0, 0.05) is 0 Å². The molecule has 2 nitrogen and oxygen atoms in total. The Bertz CT molecular complexity index is 101. The van der Waals surface area contributed by atoms with E-state index in [0.717, 1.165) is 0 Å². The first-order chi connectivity index (χ1) is 2.00. The molecule has 0 bridgehead atoms. The first kappa shape index (κ1) is 9.69. The molecule has 0 N–H and O–H groups in total. The maximum Gasteiger partial charge on any atom is 1.00 e. The summed E-state index contributed by atoms with van der Waals surface area (Å²) in [5, 5.41) is 0. The third-order valence-electron chi connectivity index (χ3n) is 0. The fraction of sp³-hybridized carbons (Fsp3) is 1.00. The molecule has 0 radical (unpaired) electrons. The van der Waals surface area contributed by atoms with Gasteiger partial charge in [0.2, 0.25) is 0 Å². The van der Waals surface area contributed by atoms with Crippen LogP contribution in [0.5, 0.6) is 0 Å². The van der Waals surface area contributed by atoms with Crippen LogP contribution in [-0.2, 0) is 10.2 Å². The third kappa shape index (κ3) is 238. The molecule has 0 saturated heterocycles. The van der Waals surface area contributed by atoms with E-state index in [1.807, 2.05) is 0 Å². The Morgan fingerprint density at radius 2 is 1.67 bits per heavy atom. The van der Waals surface area contributed by atoms with Crippen LogP contribution >= 0.6 is 0 Å². The summed E-state index contributed by atoms with van der Waals surface area (Å²) in [7, 11) is -4.17. The van der Waals surface area contributed by atoms with E-state index in [4.69, 9.17) is 8.42 Å². The van der Waals surface area contributed by atoms with E-state index in [9.17, 15) is 3.89 Å². The number of rotatable bonds is 0. The SMILES string of the molecule is CS(=O)(=O)F.[H-].[Li+]. The zero-order valence-corrected chi connectivity index (χ0v) is 4.42. The van der Waals surface area contributed by atoms with Gasteiger partial charge in [0.25, 0.3) is 10.2 Å².